The second kappa shape index (κ2) is 9.67. The molecule has 0 aromatic heterocycles. The summed E-state index contributed by atoms with van der Waals surface area (Å²) >= 11 is 10.9. The molecular formula is C21H22Cl2O4. The van der Waals surface area contributed by atoms with Crippen molar-refractivity contribution < 1.29 is 19.4 Å². The maximum absolute atomic E-state index is 10.3. The van der Waals surface area contributed by atoms with Gasteiger partial charge in [0, 0.05) is 0 Å². The molecule has 144 valence electrons. The lowest BCUT2D eigenvalue weighted by atomic mass is 10.1. The van der Waals surface area contributed by atoms with Gasteiger partial charge in [0.2, 0.25) is 0 Å². The van der Waals surface area contributed by atoms with Crippen molar-refractivity contribution in [3.8, 4) is 11.5 Å². The third-order valence-corrected chi connectivity index (χ3v) is 4.41. The van der Waals surface area contributed by atoms with Gasteiger partial charge in [0.25, 0.3) is 0 Å². The van der Waals surface area contributed by atoms with Gasteiger partial charge in [-0.2, -0.15) is 0 Å². The molecule has 1 unspecified atom stereocenters. The van der Waals surface area contributed by atoms with Crippen LogP contribution in [0, 0.1) is 11.3 Å². The second-order valence-electron chi connectivity index (χ2n) is 6.87. The number of para-hydroxylation sites is 1. The molecular weight excluding hydrogens is 387 g/mol. The van der Waals surface area contributed by atoms with Crippen LogP contribution in [0.5, 0.6) is 11.5 Å². The molecule has 1 fully saturated rings. The zero-order valence-corrected chi connectivity index (χ0v) is 16.7. The molecule has 1 atom stereocenters. The van der Waals surface area contributed by atoms with Crippen LogP contribution in [-0.2, 0) is 11.3 Å². The summed E-state index contributed by atoms with van der Waals surface area (Å²) in [5.74, 6) is 1.99. The molecule has 0 saturated heterocycles. The van der Waals surface area contributed by atoms with Crippen LogP contribution >= 0.6 is 23.2 Å². The number of benzene rings is 2. The molecule has 27 heavy (non-hydrogen) atoms. The smallest absolute Gasteiger partial charge is 0.457 e. The third kappa shape index (κ3) is 7.94. The van der Waals surface area contributed by atoms with Crippen LogP contribution in [0.3, 0.4) is 0 Å². The van der Waals surface area contributed by atoms with E-state index in [-0.39, 0.29) is 6.61 Å². The Hall–Kier alpha value is -2.17. The SMILES string of the molecule is CC1(C)CC1C=C(Cl)Cl.O=C(O)OCc1cccc(Oc2ccccc2)c1. The molecule has 4 nitrogen and oxygen atoms in total. The predicted molar refractivity (Wildman–Crippen MR) is 107 cm³/mol. The zero-order chi connectivity index (χ0) is 19.9. The molecule has 1 aliphatic rings. The molecule has 3 rings (SSSR count). The number of ether oxygens (including phenoxy) is 2. The summed E-state index contributed by atoms with van der Waals surface area (Å²) < 4.78 is 10.5. The molecule has 1 aliphatic carbocycles. The van der Waals surface area contributed by atoms with E-state index in [0.717, 1.165) is 11.3 Å². The van der Waals surface area contributed by atoms with Crippen molar-refractivity contribution in [2.45, 2.75) is 26.9 Å². The summed E-state index contributed by atoms with van der Waals surface area (Å²) in [6, 6.07) is 16.5. The molecule has 2 aromatic rings. The first kappa shape index (κ1) is 21.1. The Bertz CT molecular complexity index is 784. The van der Waals surface area contributed by atoms with E-state index in [2.05, 4.69) is 18.6 Å². The highest BCUT2D eigenvalue weighted by Gasteiger charge is 2.43. The van der Waals surface area contributed by atoms with E-state index < -0.39 is 6.16 Å². The van der Waals surface area contributed by atoms with Crippen molar-refractivity contribution >= 4 is 29.4 Å². The van der Waals surface area contributed by atoms with E-state index in [1.807, 2.05) is 36.4 Å². The van der Waals surface area contributed by atoms with E-state index >= 15 is 0 Å². The lowest BCUT2D eigenvalue weighted by molar-refractivity contribution is 0.0853. The minimum absolute atomic E-state index is 0.0152. The van der Waals surface area contributed by atoms with Crippen molar-refractivity contribution in [2.24, 2.45) is 11.3 Å². The van der Waals surface area contributed by atoms with Crippen molar-refractivity contribution in [1.82, 2.24) is 0 Å². The van der Waals surface area contributed by atoms with Gasteiger partial charge in [0.1, 0.15) is 22.6 Å². The van der Waals surface area contributed by atoms with Crippen molar-refractivity contribution in [2.75, 3.05) is 0 Å². The van der Waals surface area contributed by atoms with Crippen molar-refractivity contribution in [3.05, 3.63) is 70.7 Å². The van der Waals surface area contributed by atoms with Gasteiger partial charge in [-0.15, -0.1) is 0 Å². The lowest BCUT2D eigenvalue weighted by Gasteiger charge is -2.07. The van der Waals surface area contributed by atoms with Crippen molar-refractivity contribution in [3.63, 3.8) is 0 Å². The van der Waals surface area contributed by atoms with Gasteiger partial charge >= 0.3 is 6.16 Å². The Kier molecular flexibility index (Phi) is 7.57. The number of rotatable bonds is 5. The summed E-state index contributed by atoms with van der Waals surface area (Å²) in [5, 5.41) is 8.43. The summed E-state index contributed by atoms with van der Waals surface area (Å²) in [4.78, 5) is 10.3. The standard InChI is InChI=1S/C14H12O4.C7H10Cl2/c15-14(16)17-10-11-5-4-8-13(9-11)18-12-6-2-1-3-7-12;1-7(2)4-5(7)3-6(8)9/h1-9H,10H2,(H,15,16);3,5H,4H2,1-2H3. The number of carboxylic acid groups (broad SMARTS) is 1. The first-order valence-electron chi connectivity index (χ1n) is 8.46. The maximum atomic E-state index is 10.3. The quantitative estimate of drug-likeness (QED) is 0.539. The van der Waals surface area contributed by atoms with Crippen LogP contribution in [0.25, 0.3) is 0 Å². The largest absolute Gasteiger partial charge is 0.506 e. The molecule has 0 heterocycles. The molecule has 0 aliphatic heterocycles. The van der Waals surface area contributed by atoms with E-state index in [1.54, 1.807) is 24.3 Å². The molecule has 1 N–H and O–H groups in total. The minimum atomic E-state index is -1.29. The van der Waals surface area contributed by atoms with Crippen LogP contribution in [0.2, 0.25) is 0 Å². The highest BCUT2D eigenvalue weighted by atomic mass is 35.5. The molecule has 1 saturated carbocycles. The van der Waals surface area contributed by atoms with Gasteiger partial charge in [-0.05, 0) is 47.6 Å². The maximum Gasteiger partial charge on any atom is 0.506 e. The highest BCUT2D eigenvalue weighted by molar-refractivity contribution is 6.55. The monoisotopic (exact) mass is 408 g/mol. The average Bonchev–Trinajstić information content (AvgIpc) is 3.20. The Morgan fingerprint density at radius 1 is 1.15 bits per heavy atom. The molecule has 0 spiro atoms. The zero-order valence-electron chi connectivity index (χ0n) is 15.2. The van der Waals surface area contributed by atoms with Gasteiger partial charge in [0.15, 0.2) is 0 Å². The second-order valence-corrected chi connectivity index (χ2v) is 7.88. The Morgan fingerprint density at radius 2 is 1.78 bits per heavy atom. The number of allylic oxidation sites excluding steroid dienone is 1. The predicted octanol–water partition coefficient (Wildman–Crippen LogP) is 7.03. The fourth-order valence-corrected chi connectivity index (χ4v) is 2.72. The number of halogens is 2. The topological polar surface area (TPSA) is 55.8 Å². The Balaban J connectivity index is 0.000000244. The fraction of sp³-hybridized carbons (Fsp3) is 0.286. The van der Waals surface area contributed by atoms with Crippen molar-refractivity contribution in [1.29, 1.82) is 0 Å². The molecule has 2 aromatic carbocycles. The van der Waals surface area contributed by atoms with E-state index in [0.29, 0.717) is 21.6 Å². The lowest BCUT2D eigenvalue weighted by Crippen LogP contribution is -2.00. The van der Waals surface area contributed by atoms with Gasteiger partial charge in [-0.1, -0.05) is 73.5 Å². The molecule has 0 bridgehead atoms. The minimum Gasteiger partial charge on any atom is -0.457 e. The van der Waals surface area contributed by atoms with Crippen LogP contribution < -0.4 is 4.74 Å². The van der Waals surface area contributed by atoms with Crippen LogP contribution in [-0.4, -0.2) is 11.3 Å². The van der Waals surface area contributed by atoms with Crippen LogP contribution in [0.1, 0.15) is 25.8 Å². The molecule has 0 amide bonds. The number of hydrogen-bond donors (Lipinski definition) is 1. The fourth-order valence-electron chi connectivity index (χ4n) is 2.41. The Morgan fingerprint density at radius 3 is 2.30 bits per heavy atom. The summed E-state index contributed by atoms with van der Waals surface area (Å²) in [7, 11) is 0. The summed E-state index contributed by atoms with van der Waals surface area (Å²) in [5.41, 5.74) is 1.19. The van der Waals surface area contributed by atoms with Gasteiger partial charge in [-0.3, -0.25) is 0 Å². The first-order valence-corrected chi connectivity index (χ1v) is 9.22. The highest BCUT2D eigenvalue weighted by Crippen LogP contribution is 2.53. The summed E-state index contributed by atoms with van der Waals surface area (Å²) in [6.45, 7) is 4.44. The van der Waals surface area contributed by atoms with Gasteiger partial charge in [-0.25, -0.2) is 4.79 Å². The average molecular weight is 409 g/mol. The summed E-state index contributed by atoms with van der Waals surface area (Å²) in [6.07, 6.45) is 1.85. The third-order valence-electron chi connectivity index (χ3n) is 4.16. The molecule has 6 heteroatoms. The van der Waals surface area contributed by atoms with Gasteiger partial charge < -0.3 is 14.6 Å². The van der Waals surface area contributed by atoms with E-state index in [1.165, 1.54) is 6.42 Å². The van der Waals surface area contributed by atoms with E-state index in [9.17, 15) is 4.79 Å². The number of hydrogen-bond acceptors (Lipinski definition) is 3. The normalized spacial score (nSPS) is 16.4. The Labute approximate surface area is 169 Å². The number of carbonyl (C=O) groups is 1. The van der Waals surface area contributed by atoms with Crippen LogP contribution in [0.4, 0.5) is 4.79 Å². The van der Waals surface area contributed by atoms with Gasteiger partial charge in [0.05, 0.1) is 0 Å². The first-order chi connectivity index (χ1) is 12.8. The van der Waals surface area contributed by atoms with E-state index in [4.69, 9.17) is 33.0 Å². The molecule has 0 radical (unpaired) electrons. The van der Waals surface area contributed by atoms with Crippen LogP contribution in [0.15, 0.2) is 65.2 Å².